The van der Waals surface area contributed by atoms with E-state index < -0.39 is 5.97 Å². The van der Waals surface area contributed by atoms with E-state index in [2.05, 4.69) is 26.3 Å². The second-order valence-electron chi connectivity index (χ2n) is 4.66. The number of aryl methyl sites for hydroxylation is 2. The number of esters is 1. The molecule has 0 fully saturated rings. The van der Waals surface area contributed by atoms with Gasteiger partial charge < -0.3 is 10.1 Å². The highest BCUT2D eigenvalue weighted by atomic mass is 79.9. The van der Waals surface area contributed by atoms with Crippen LogP contribution < -0.4 is 5.32 Å². The first kappa shape index (κ1) is 16.7. The highest BCUT2D eigenvalue weighted by Gasteiger charge is 2.24. The number of carbonyl (C=O) groups is 2. The number of amides is 1. The van der Waals surface area contributed by atoms with E-state index in [-0.39, 0.29) is 18.2 Å². The summed E-state index contributed by atoms with van der Waals surface area (Å²) < 4.78 is 7.20. The Morgan fingerprint density at radius 1 is 1.45 bits per heavy atom. The fourth-order valence-electron chi connectivity index (χ4n) is 1.94. The van der Waals surface area contributed by atoms with Gasteiger partial charge in [-0.15, -0.1) is 11.3 Å². The number of anilines is 1. The topological polar surface area (TPSA) is 73.2 Å². The van der Waals surface area contributed by atoms with Crippen molar-refractivity contribution in [3.63, 3.8) is 0 Å². The Bertz CT molecular complexity index is 736. The molecule has 0 saturated carbocycles. The maximum absolute atomic E-state index is 12.3. The largest absolute Gasteiger partial charge is 0.462 e. The molecule has 0 aliphatic carbocycles. The van der Waals surface area contributed by atoms with E-state index in [1.807, 2.05) is 13.8 Å². The molecule has 8 heteroatoms. The van der Waals surface area contributed by atoms with E-state index in [1.54, 1.807) is 20.2 Å². The fourth-order valence-corrected chi connectivity index (χ4v) is 3.54. The molecule has 22 heavy (non-hydrogen) atoms. The molecule has 2 rings (SSSR count). The molecule has 2 aromatic rings. The number of thiophene rings is 1. The van der Waals surface area contributed by atoms with Crippen molar-refractivity contribution in [3.05, 3.63) is 32.4 Å². The Kier molecular flexibility index (Phi) is 5.02. The van der Waals surface area contributed by atoms with Crippen LogP contribution in [0.15, 0.2) is 10.7 Å². The van der Waals surface area contributed by atoms with Gasteiger partial charge in [0, 0.05) is 18.1 Å². The van der Waals surface area contributed by atoms with Gasteiger partial charge in [-0.3, -0.25) is 9.48 Å². The molecule has 0 unspecified atom stereocenters. The van der Waals surface area contributed by atoms with Gasteiger partial charge in [0.25, 0.3) is 5.91 Å². The van der Waals surface area contributed by atoms with Crippen LogP contribution in [0.2, 0.25) is 0 Å². The Hall–Kier alpha value is -1.67. The number of ether oxygens (including phenoxy) is 1. The van der Waals surface area contributed by atoms with Gasteiger partial charge in [-0.1, -0.05) is 0 Å². The minimum Gasteiger partial charge on any atom is -0.462 e. The van der Waals surface area contributed by atoms with Gasteiger partial charge >= 0.3 is 5.97 Å². The lowest BCUT2D eigenvalue weighted by Gasteiger charge is -2.06. The van der Waals surface area contributed by atoms with Gasteiger partial charge in [-0.2, -0.15) is 5.10 Å². The number of nitrogens with one attached hydrogen (secondary N) is 1. The molecular formula is C14H16BrN3O3S. The second kappa shape index (κ2) is 6.62. The van der Waals surface area contributed by atoms with E-state index in [0.29, 0.717) is 15.0 Å². The molecule has 0 bridgehead atoms. The molecule has 118 valence electrons. The van der Waals surface area contributed by atoms with Gasteiger partial charge in [-0.05, 0) is 42.3 Å². The van der Waals surface area contributed by atoms with Crippen LogP contribution in [0.4, 0.5) is 5.00 Å². The third-order valence-corrected chi connectivity index (χ3v) is 4.79. The molecule has 1 N–H and O–H groups in total. The van der Waals surface area contributed by atoms with Crippen LogP contribution in [0.1, 0.15) is 38.2 Å². The highest BCUT2D eigenvalue weighted by molar-refractivity contribution is 9.10. The molecule has 0 atom stereocenters. The van der Waals surface area contributed by atoms with Gasteiger partial charge in [0.2, 0.25) is 0 Å². The molecule has 6 nitrogen and oxygen atoms in total. The number of aromatic nitrogens is 2. The number of hydrogen-bond acceptors (Lipinski definition) is 5. The molecule has 0 radical (unpaired) electrons. The zero-order valence-corrected chi connectivity index (χ0v) is 15.1. The van der Waals surface area contributed by atoms with E-state index in [0.717, 1.165) is 10.4 Å². The Labute approximate surface area is 140 Å². The van der Waals surface area contributed by atoms with Crippen LogP contribution in [-0.4, -0.2) is 28.3 Å². The predicted octanol–water partition coefficient (Wildman–Crippen LogP) is 3.29. The first-order chi connectivity index (χ1) is 10.3. The summed E-state index contributed by atoms with van der Waals surface area (Å²) in [6.45, 7) is 5.77. The number of carbonyl (C=O) groups excluding carboxylic acids is 2. The lowest BCUT2D eigenvalue weighted by molar-refractivity contribution is 0.0527. The highest BCUT2D eigenvalue weighted by Crippen LogP contribution is 2.33. The zero-order chi connectivity index (χ0) is 16.4. The Balaban J connectivity index is 2.33. The van der Waals surface area contributed by atoms with Crippen molar-refractivity contribution in [2.24, 2.45) is 7.05 Å². The van der Waals surface area contributed by atoms with E-state index in [9.17, 15) is 9.59 Å². The number of rotatable bonds is 4. The summed E-state index contributed by atoms with van der Waals surface area (Å²) in [5, 5.41) is 7.33. The quantitative estimate of drug-likeness (QED) is 0.819. The van der Waals surface area contributed by atoms with E-state index in [1.165, 1.54) is 16.0 Å². The summed E-state index contributed by atoms with van der Waals surface area (Å²) in [4.78, 5) is 25.4. The van der Waals surface area contributed by atoms with Crippen LogP contribution in [0.5, 0.6) is 0 Å². The summed E-state index contributed by atoms with van der Waals surface area (Å²) in [5.74, 6) is -0.806. The van der Waals surface area contributed by atoms with Crippen LogP contribution in [0.25, 0.3) is 0 Å². The minimum absolute atomic E-state index is 0.265. The minimum atomic E-state index is -0.431. The lowest BCUT2D eigenvalue weighted by atomic mass is 10.1. The summed E-state index contributed by atoms with van der Waals surface area (Å²) in [7, 11) is 1.73. The van der Waals surface area contributed by atoms with Gasteiger partial charge in [0.1, 0.15) is 5.00 Å². The van der Waals surface area contributed by atoms with Crippen molar-refractivity contribution in [1.29, 1.82) is 0 Å². The van der Waals surface area contributed by atoms with Crippen LogP contribution in [0, 0.1) is 13.8 Å². The lowest BCUT2D eigenvalue weighted by Crippen LogP contribution is -2.16. The number of nitrogens with zero attached hydrogens (tertiary/aromatic N) is 2. The van der Waals surface area contributed by atoms with Crippen molar-refractivity contribution in [2.45, 2.75) is 20.8 Å². The maximum atomic E-state index is 12.3. The van der Waals surface area contributed by atoms with Gasteiger partial charge in [-0.25, -0.2) is 4.79 Å². The van der Waals surface area contributed by atoms with Gasteiger partial charge in [0.05, 0.1) is 16.6 Å². The average molecular weight is 386 g/mol. The molecule has 0 saturated heterocycles. The molecule has 0 aliphatic heterocycles. The van der Waals surface area contributed by atoms with Crippen molar-refractivity contribution in [1.82, 2.24) is 9.78 Å². The third-order valence-electron chi connectivity index (χ3n) is 3.09. The van der Waals surface area contributed by atoms with E-state index >= 15 is 0 Å². The molecule has 2 heterocycles. The van der Waals surface area contributed by atoms with Crippen LogP contribution >= 0.6 is 27.3 Å². The summed E-state index contributed by atoms with van der Waals surface area (Å²) in [6, 6.07) is 0. The first-order valence-corrected chi connectivity index (χ1v) is 8.23. The van der Waals surface area contributed by atoms with Crippen molar-refractivity contribution in [3.8, 4) is 0 Å². The SMILES string of the molecule is CCOC(=O)c1c(NC(=O)c2nn(C)cc2Br)sc(C)c1C. The summed E-state index contributed by atoms with van der Waals surface area (Å²) in [5.41, 5.74) is 1.49. The van der Waals surface area contributed by atoms with Crippen molar-refractivity contribution in [2.75, 3.05) is 11.9 Å². The van der Waals surface area contributed by atoms with Gasteiger partial charge in [0.15, 0.2) is 5.69 Å². The van der Waals surface area contributed by atoms with E-state index in [4.69, 9.17) is 4.74 Å². The molecule has 0 spiro atoms. The molecular weight excluding hydrogens is 370 g/mol. The molecule has 1 amide bonds. The third kappa shape index (κ3) is 3.22. The molecule has 0 aliphatic rings. The second-order valence-corrected chi connectivity index (χ2v) is 6.74. The number of halogens is 1. The zero-order valence-electron chi connectivity index (χ0n) is 12.7. The molecule has 2 aromatic heterocycles. The average Bonchev–Trinajstić information content (AvgIpc) is 2.90. The van der Waals surface area contributed by atoms with Crippen molar-refractivity contribution >= 4 is 44.1 Å². The molecule has 0 aromatic carbocycles. The summed E-state index contributed by atoms with van der Waals surface area (Å²) in [6.07, 6.45) is 1.69. The predicted molar refractivity (Wildman–Crippen MR) is 88.6 cm³/mol. The maximum Gasteiger partial charge on any atom is 0.341 e. The monoisotopic (exact) mass is 385 g/mol. The summed E-state index contributed by atoms with van der Waals surface area (Å²) >= 11 is 4.64. The fraction of sp³-hybridized carbons (Fsp3) is 0.357. The van der Waals surface area contributed by atoms with Crippen molar-refractivity contribution < 1.29 is 14.3 Å². The normalized spacial score (nSPS) is 10.6. The number of hydrogen-bond donors (Lipinski definition) is 1. The Morgan fingerprint density at radius 3 is 2.68 bits per heavy atom. The van der Waals surface area contributed by atoms with Crippen LogP contribution in [0.3, 0.4) is 0 Å². The van der Waals surface area contributed by atoms with Crippen LogP contribution in [-0.2, 0) is 11.8 Å². The standard InChI is InChI=1S/C14H16BrN3O3S/c1-5-21-14(20)10-7(2)8(3)22-13(10)16-12(19)11-9(15)6-18(4)17-11/h6H,5H2,1-4H3,(H,16,19). The first-order valence-electron chi connectivity index (χ1n) is 6.62. The Morgan fingerprint density at radius 2 is 2.14 bits per heavy atom. The smallest absolute Gasteiger partial charge is 0.341 e.